The number of fused-ring (bicyclic) bond motifs is 1. The van der Waals surface area contributed by atoms with Crippen molar-refractivity contribution in [3.05, 3.63) is 65.2 Å². The number of nitrogen functional groups attached to an aromatic ring is 1. The zero-order chi connectivity index (χ0) is 19.0. The second-order valence-electron chi connectivity index (χ2n) is 6.63. The molecule has 1 fully saturated rings. The Morgan fingerprint density at radius 3 is 2.30 bits per heavy atom. The van der Waals surface area contributed by atoms with Gasteiger partial charge in [0.25, 0.3) is 17.7 Å². The summed E-state index contributed by atoms with van der Waals surface area (Å²) >= 11 is 0. The van der Waals surface area contributed by atoms with Crippen LogP contribution in [-0.4, -0.2) is 59.9 Å². The predicted octanol–water partition coefficient (Wildman–Crippen LogP) is 1.41. The van der Waals surface area contributed by atoms with Crippen molar-refractivity contribution >= 4 is 23.4 Å². The number of hydrogen-bond donors (Lipinski definition) is 1. The highest BCUT2D eigenvalue weighted by atomic mass is 16.5. The molecule has 138 valence electrons. The lowest BCUT2D eigenvalue weighted by Crippen LogP contribution is -2.50. The molecule has 0 bridgehead atoms. The van der Waals surface area contributed by atoms with E-state index < -0.39 is 6.10 Å². The number of carbonyl (C=O) groups excluding carboxylic acids is 3. The Morgan fingerprint density at radius 1 is 1.04 bits per heavy atom. The normalized spacial score (nSPS) is 19.3. The SMILES string of the molecule is Nc1ccc(C(=O)N2CCOC(CN3C(=O)c4ccccc4C3=O)C2)cc1. The van der Waals surface area contributed by atoms with Crippen LogP contribution in [0.2, 0.25) is 0 Å². The van der Waals surface area contributed by atoms with E-state index in [4.69, 9.17) is 10.5 Å². The Morgan fingerprint density at radius 2 is 1.67 bits per heavy atom. The Hall–Kier alpha value is -3.19. The van der Waals surface area contributed by atoms with Gasteiger partial charge in [-0.1, -0.05) is 12.1 Å². The maximum Gasteiger partial charge on any atom is 0.261 e. The van der Waals surface area contributed by atoms with Crippen molar-refractivity contribution in [2.24, 2.45) is 0 Å². The van der Waals surface area contributed by atoms with Crippen LogP contribution in [0.5, 0.6) is 0 Å². The van der Waals surface area contributed by atoms with Crippen molar-refractivity contribution in [1.29, 1.82) is 0 Å². The van der Waals surface area contributed by atoms with E-state index in [1.54, 1.807) is 53.4 Å². The van der Waals surface area contributed by atoms with Gasteiger partial charge in [0.1, 0.15) is 0 Å². The molecule has 0 radical (unpaired) electrons. The van der Waals surface area contributed by atoms with Gasteiger partial charge in [-0.25, -0.2) is 0 Å². The second-order valence-corrected chi connectivity index (χ2v) is 6.63. The van der Waals surface area contributed by atoms with Gasteiger partial charge in [0, 0.05) is 24.3 Å². The lowest BCUT2D eigenvalue weighted by atomic mass is 10.1. The fourth-order valence-corrected chi connectivity index (χ4v) is 3.43. The van der Waals surface area contributed by atoms with Crippen LogP contribution in [0.1, 0.15) is 31.1 Å². The van der Waals surface area contributed by atoms with Crippen molar-refractivity contribution in [1.82, 2.24) is 9.80 Å². The first-order chi connectivity index (χ1) is 13.0. The Labute approximate surface area is 156 Å². The first kappa shape index (κ1) is 17.2. The third kappa shape index (κ3) is 3.17. The van der Waals surface area contributed by atoms with Crippen LogP contribution >= 0.6 is 0 Å². The molecule has 1 atom stereocenters. The number of morpholine rings is 1. The highest BCUT2D eigenvalue weighted by Crippen LogP contribution is 2.23. The summed E-state index contributed by atoms with van der Waals surface area (Å²) in [4.78, 5) is 40.6. The lowest BCUT2D eigenvalue weighted by Gasteiger charge is -2.34. The number of amides is 3. The molecule has 0 spiro atoms. The van der Waals surface area contributed by atoms with Gasteiger partial charge in [-0.15, -0.1) is 0 Å². The lowest BCUT2D eigenvalue weighted by molar-refractivity contribution is -0.0303. The van der Waals surface area contributed by atoms with Crippen LogP contribution in [0, 0.1) is 0 Å². The van der Waals surface area contributed by atoms with E-state index in [1.165, 1.54) is 4.90 Å². The van der Waals surface area contributed by atoms with E-state index in [-0.39, 0.29) is 24.3 Å². The number of carbonyl (C=O) groups is 3. The van der Waals surface area contributed by atoms with Crippen molar-refractivity contribution in [2.75, 3.05) is 32.0 Å². The van der Waals surface area contributed by atoms with Gasteiger partial charge in [-0.05, 0) is 36.4 Å². The highest BCUT2D eigenvalue weighted by Gasteiger charge is 2.38. The predicted molar refractivity (Wildman–Crippen MR) is 98.3 cm³/mol. The van der Waals surface area contributed by atoms with Gasteiger partial charge in [0.2, 0.25) is 0 Å². The Balaban J connectivity index is 1.45. The highest BCUT2D eigenvalue weighted by molar-refractivity contribution is 6.21. The summed E-state index contributed by atoms with van der Waals surface area (Å²) in [6.07, 6.45) is -0.418. The van der Waals surface area contributed by atoms with Crippen LogP contribution < -0.4 is 5.73 Å². The summed E-state index contributed by atoms with van der Waals surface area (Å²) in [7, 11) is 0. The first-order valence-corrected chi connectivity index (χ1v) is 8.76. The molecule has 2 aromatic rings. The maximum atomic E-state index is 12.7. The number of rotatable bonds is 3. The summed E-state index contributed by atoms with van der Waals surface area (Å²) < 4.78 is 5.71. The average molecular weight is 365 g/mol. The van der Waals surface area contributed by atoms with E-state index in [2.05, 4.69) is 0 Å². The molecule has 4 rings (SSSR count). The van der Waals surface area contributed by atoms with Gasteiger partial charge >= 0.3 is 0 Å². The molecule has 2 heterocycles. The average Bonchev–Trinajstić information content (AvgIpc) is 2.93. The molecular formula is C20H19N3O4. The molecule has 0 saturated carbocycles. The zero-order valence-corrected chi connectivity index (χ0v) is 14.6. The molecule has 2 aliphatic rings. The molecule has 1 unspecified atom stereocenters. The van der Waals surface area contributed by atoms with Crippen LogP contribution in [0.4, 0.5) is 5.69 Å². The number of imide groups is 1. The molecule has 0 aliphatic carbocycles. The summed E-state index contributed by atoms with van der Waals surface area (Å²) in [5.74, 6) is -0.756. The van der Waals surface area contributed by atoms with E-state index in [0.717, 1.165) is 0 Å². The van der Waals surface area contributed by atoms with Crippen LogP contribution in [0.25, 0.3) is 0 Å². The molecule has 2 aliphatic heterocycles. The smallest absolute Gasteiger partial charge is 0.261 e. The molecule has 7 nitrogen and oxygen atoms in total. The van der Waals surface area contributed by atoms with Crippen molar-refractivity contribution < 1.29 is 19.1 Å². The van der Waals surface area contributed by atoms with Crippen LogP contribution in [0.15, 0.2) is 48.5 Å². The number of ether oxygens (including phenoxy) is 1. The minimum absolute atomic E-state index is 0.120. The largest absolute Gasteiger partial charge is 0.399 e. The second kappa shape index (κ2) is 6.85. The van der Waals surface area contributed by atoms with Gasteiger partial charge < -0.3 is 15.4 Å². The molecule has 1 saturated heterocycles. The molecule has 3 amide bonds. The standard InChI is InChI=1S/C20H19N3O4/c21-14-7-5-13(6-8-14)18(24)22-9-10-27-15(11-22)12-23-19(25)16-3-1-2-4-17(16)20(23)26/h1-8,15H,9-12,21H2. The molecule has 7 heteroatoms. The molecule has 27 heavy (non-hydrogen) atoms. The molecule has 0 aromatic heterocycles. The van der Waals surface area contributed by atoms with Crippen molar-refractivity contribution in [3.63, 3.8) is 0 Å². The van der Waals surface area contributed by atoms with E-state index in [9.17, 15) is 14.4 Å². The minimum atomic E-state index is -0.418. The van der Waals surface area contributed by atoms with E-state index in [1.807, 2.05) is 0 Å². The summed E-state index contributed by atoms with van der Waals surface area (Å²) in [6.45, 7) is 1.25. The number of benzene rings is 2. The first-order valence-electron chi connectivity index (χ1n) is 8.76. The quantitative estimate of drug-likeness (QED) is 0.656. The monoisotopic (exact) mass is 365 g/mol. The number of anilines is 1. The van der Waals surface area contributed by atoms with Gasteiger partial charge in [0.15, 0.2) is 0 Å². The molecular weight excluding hydrogens is 346 g/mol. The van der Waals surface area contributed by atoms with Gasteiger partial charge in [-0.2, -0.15) is 0 Å². The molecule has 2 N–H and O–H groups in total. The van der Waals surface area contributed by atoms with Crippen molar-refractivity contribution in [2.45, 2.75) is 6.10 Å². The topological polar surface area (TPSA) is 92.9 Å². The van der Waals surface area contributed by atoms with Gasteiger partial charge in [0.05, 0.1) is 30.4 Å². The number of nitrogens with two attached hydrogens (primary N) is 1. The maximum absolute atomic E-state index is 12.7. The fourth-order valence-electron chi connectivity index (χ4n) is 3.43. The van der Waals surface area contributed by atoms with E-state index >= 15 is 0 Å². The van der Waals surface area contributed by atoms with Crippen LogP contribution in [0.3, 0.4) is 0 Å². The number of hydrogen-bond acceptors (Lipinski definition) is 5. The summed E-state index contributed by atoms with van der Waals surface area (Å²) in [6, 6.07) is 13.5. The van der Waals surface area contributed by atoms with Gasteiger partial charge in [-0.3, -0.25) is 19.3 Å². The zero-order valence-electron chi connectivity index (χ0n) is 14.6. The fraction of sp³-hybridized carbons (Fsp3) is 0.250. The number of nitrogens with zero attached hydrogens (tertiary/aromatic N) is 2. The van der Waals surface area contributed by atoms with Crippen molar-refractivity contribution in [3.8, 4) is 0 Å². The Kier molecular flexibility index (Phi) is 4.37. The minimum Gasteiger partial charge on any atom is -0.399 e. The molecule has 2 aromatic carbocycles. The van der Waals surface area contributed by atoms with Crippen LogP contribution in [-0.2, 0) is 4.74 Å². The third-order valence-corrected chi connectivity index (χ3v) is 4.85. The van der Waals surface area contributed by atoms with E-state index in [0.29, 0.717) is 42.1 Å². The summed E-state index contributed by atoms with van der Waals surface area (Å²) in [5.41, 5.74) is 7.63. The summed E-state index contributed by atoms with van der Waals surface area (Å²) in [5, 5.41) is 0. The Bertz CT molecular complexity index is 875. The third-order valence-electron chi connectivity index (χ3n) is 4.85.